The summed E-state index contributed by atoms with van der Waals surface area (Å²) in [7, 11) is -1.01. The van der Waals surface area contributed by atoms with Crippen LogP contribution >= 0.6 is 21.6 Å². The fourth-order valence-corrected chi connectivity index (χ4v) is 12.7. The second kappa shape index (κ2) is 7.38. The quantitative estimate of drug-likeness (QED) is 0.229. The van der Waals surface area contributed by atoms with Gasteiger partial charge >= 0.3 is 0 Å². The van der Waals surface area contributed by atoms with Gasteiger partial charge in [-0.15, -0.1) is 0 Å². The normalized spacial score (nSPS) is 31.1. The Balaban J connectivity index is 1.24. The monoisotopic (exact) mass is 532 g/mol. The average molecular weight is 533 g/mol. The van der Waals surface area contributed by atoms with Gasteiger partial charge in [0.15, 0.2) is 0 Å². The molecule has 4 aromatic carbocycles. The molecule has 6 aliphatic rings. The molecule has 0 saturated heterocycles. The summed E-state index contributed by atoms with van der Waals surface area (Å²) < 4.78 is 0. The highest BCUT2D eigenvalue weighted by Crippen LogP contribution is 2.70. The highest BCUT2D eigenvalue weighted by atomic mass is 35.5. The molecule has 4 fully saturated rings. The van der Waals surface area contributed by atoms with Crippen molar-refractivity contribution < 1.29 is 0 Å². The van der Waals surface area contributed by atoms with E-state index in [-0.39, 0.29) is 5.41 Å². The molecule has 0 nitrogen and oxygen atoms in total. The van der Waals surface area contributed by atoms with E-state index in [0.717, 1.165) is 28.7 Å². The molecule has 2 heteroatoms. The molecule has 38 heavy (non-hydrogen) atoms. The van der Waals surface area contributed by atoms with Crippen LogP contribution in [-0.4, -0.2) is 12.5 Å². The van der Waals surface area contributed by atoms with Crippen LogP contribution < -0.4 is 0 Å². The van der Waals surface area contributed by atoms with Gasteiger partial charge in [0.2, 0.25) is 0 Å². The third-order valence-corrected chi connectivity index (χ3v) is 14.3. The lowest BCUT2D eigenvalue weighted by atomic mass is 9.43. The van der Waals surface area contributed by atoms with Gasteiger partial charge < -0.3 is 0 Å². The molecule has 0 radical (unpaired) electrons. The van der Waals surface area contributed by atoms with Gasteiger partial charge in [-0.05, 0) is 143 Å². The summed E-state index contributed by atoms with van der Waals surface area (Å²) >= 11 is 6.71. The summed E-state index contributed by atoms with van der Waals surface area (Å²) in [4.78, 5) is 3.07. The average Bonchev–Trinajstić information content (AvgIpc) is 3.32. The van der Waals surface area contributed by atoms with Gasteiger partial charge in [0.05, 0.1) is 0 Å². The lowest BCUT2D eigenvalue weighted by molar-refractivity contribution is -0.0399. The lowest BCUT2D eigenvalue weighted by Crippen LogP contribution is -2.55. The Labute approximate surface area is 232 Å². The molecule has 0 N–H and O–H groups in total. The predicted molar refractivity (Wildman–Crippen MR) is 162 cm³/mol. The second-order valence-electron chi connectivity index (χ2n) is 13.2. The van der Waals surface area contributed by atoms with Crippen LogP contribution in [0, 0.1) is 23.7 Å². The zero-order chi connectivity index (χ0) is 25.4. The minimum absolute atomic E-state index is 0.149. The molecule has 1 spiro atoms. The topological polar surface area (TPSA) is 0 Å². The molecule has 0 amide bonds. The first-order valence-corrected chi connectivity index (χ1v) is 17.2. The summed E-state index contributed by atoms with van der Waals surface area (Å²) in [5.41, 5.74) is 11.8. The molecule has 0 atom stereocenters. The first-order valence-electron chi connectivity index (χ1n) is 14.4. The van der Waals surface area contributed by atoms with E-state index in [2.05, 4.69) is 91.4 Å². The summed E-state index contributed by atoms with van der Waals surface area (Å²) in [5.74, 6) is 3.40. The number of rotatable bonds is 1. The van der Waals surface area contributed by atoms with E-state index in [9.17, 15) is 0 Å². The van der Waals surface area contributed by atoms with E-state index in [1.54, 1.807) is 11.1 Å². The maximum Gasteiger partial charge on any atom is 0.0409 e. The van der Waals surface area contributed by atoms with Crippen LogP contribution in [0.3, 0.4) is 0 Å². The molecule has 5 aliphatic carbocycles. The van der Waals surface area contributed by atoms with E-state index in [1.807, 2.05) is 0 Å². The Morgan fingerprint density at radius 2 is 1.18 bits per heavy atom. The minimum atomic E-state index is -1.01. The molecule has 0 aromatic heterocycles. The predicted octanol–water partition coefficient (Wildman–Crippen LogP) is 10.2. The van der Waals surface area contributed by atoms with Gasteiger partial charge in [-0.25, -0.2) is 0 Å². The van der Waals surface area contributed by atoms with Gasteiger partial charge in [-0.2, -0.15) is 10.0 Å². The summed E-state index contributed by atoms with van der Waals surface area (Å²) in [6, 6.07) is 30.5. The zero-order valence-electron chi connectivity index (χ0n) is 22.1. The summed E-state index contributed by atoms with van der Waals surface area (Å²) in [6.07, 6.45) is 12.0. The maximum absolute atomic E-state index is 6.71. The van der Waals surface area contributed by atoms with Crippen molar-refractivity contribution in [1.29, 1.82) is 0 Å². The number of hydrogen-bond donors (Lipinski definition) is 0. The zero-order valence-corrected chi connectivity index (χ0v) is 23.7. The van der Waals surface area contributed by atoms with Crippen molar-refractivity contribution in [3.63, 3.8) is 0 Å². The lowest BCUT2D eigenvalue weighted by Gasteiger charge is -2.61. The summed E-state index contributed by atoms with van der Waals surface area (Å²) in [5, 5.41) is 0.897. The second-order valence-corrected chi connectivity index (χ2v) is 17.1. The number of halogens is 1. The van der Waals surface area contributed by atoms with E-state index in [0.29, 0.717) is 0 Å². The Bertz CT molecular complexity index is 1650. The molecule has 1 aliphatic heterocycles. The Morgan fingerprint density at radius 1 is 0.605 bits per heavy atom. The van der Waals surface area contributed by atoms with Crippen molar-refractivity contribution in [2.75, 3.05) is 12.5 Å². The van der Waals surface area contributed by atoms with Crippen molar-refractivity contribution in [2.45, 2.75) is 47.3 Å². The SMILES string of the molecule is CS1(C)c2ccccc2-c2ccc(-c3ccc4c(c3)C3(c5cc(Cl)ccc5-4)C4CC5CC(C4)CC3C5)cc21. The van der Waals surface area contributed by atoms with Crippen LogP contribution in [0.15, 0.2) is 88.7 Å². The van der Waals surface area contributed by atoms with Crippen molar-refractivity contribution in [3.05, 3.63) is 95.0 Å². The van der Waals surface area contributed by atoms with Crippen LogP contribution in [-0.2, 0) is 5.41 Å². The molecular formula is C36H33ClS. The third kappa shape index (κ3) is 2.66. The number of benzene rings is 4. The highest BCUT2D eigenvalue weighted by Gasteiger charge is 2.61. The van der Waals surface area contributed by atoms with Gasteiger partial charge in [-0.3, -0.25) is 0 Å². The standard InChI is InChI=1S/C36H33ClS/c1-38(2)34-6-4-3-5-30(34)31-11-8-24(19-35(31)38)23-7-10-28-29-12-9-27(37)20-33(29)36(32(28)18-23)25-14-21-13-22(16-25)17-26(36)15-21/h3-12,18-22,25-26H,13-17H2,1-2H3. The fourth-order valence-electron chi connectivity index (χ4n) is 9.95. The van der Waals surface area contributed by atoms with E-state index in [1.165, 1.54) is 75.3 Å². The smallest absolute Gasteiger partial charge is 0.0409 e. The first kappa shape index (κ1) is 22.3. The summed E-state index contributed by atoms with van der Waals surface area (Å²) in [6.45, 7) is 0. The van der Waals surface area contributed by atoms with E-state index >= 15 is 0 Å². The van der Waals surface area contributed by atoms with Crippen LogP contribution in [0.2, 0.25) is 5.02 Å². The molecular weight excluding hydrogens is 500 g/mol. The first-order chi connectivity index (χ1) is 18.4. The molecule has 10 rings (SSSR count). The largest absolute Gasteiger partial charge is 0.192 e. The Kier molecular flexibility index (Phi) is 4.34. The number of hydrogen-bond acceptors (Lipinski definition) is 0. The Hall–Kier alpha value is -2.48. The molecule has 4 saturated carbocycles. The van der Waals surface area contributed by atoms with Gasteiger partial charge in [0.25, 0.3) is 0 Å². The van der Waals surface area contributed by atoms with Gasteiger partial charge in [0.1, 0.15) is 0 Å². The molecule has 4 bridgehead atoms. The van der Waals surface area contributed by atoms with Crippen LogP contribution in [0.1, 0.15) is 43.2 Å². The van der Waals surface area contributed by atoms with Gasteiger partial charge in [0, 0.05) is 20.2 Å². The minimum Gasteiger partial charge on any atom is -0.192 e. The fraction of sp³-hybridized carbons (Fsp3) is 0.333. The Morgan fingerprint density at radius 3 is 1.92 bits per heavy atom. The van der Waals surface area contributed by atoms with E-state index < -0.39 is 10.0 Å². The van der Waals surface area contributed by atoms with Crippen molar-refractivity contribution >= 4 is 21.6 Å². The van der Waals surface area contributed by atoms with Gasteiger partial charge in [-0.1, -0.05) is 60.1 Å². The molecule has 4 aromatic rings. The van der Waals surface area contributed by atoms with Crippen LogP contribution in [0.5, 0.6) is 0 Å². The van der Waals surface area contributed by atoms with Crippen molar-refractivity contribution in [1.82, 2.24) is 0 Å². The number of fused-ring (bicyclic) bond motifs is 6. The molecule has 1 heterocycles. The molecule has 190 valence electrons. The van der Waals surface area contributed by atoms with Crippen molar-refractivity contribution in [3.8, 4) is 33.4 Å². The maximum atomic E-state index is 6.71. The van der Waals surface area contributed by atoms with Crippen molar-refractivity contribution in [2.24, 2.45) is 23.7 Å². The molecule has 0 unspecified atom stereocenters. The van der Waals surface area contributed by atoms with Crippen LogP contribution in [0.4, 0.5) is 0 Å². The highest BCUT2D eigenvalue weighted by molar-refractivity contribution is 8.33. The van der Waals surface area contributed by atoms with Crippen LogP contribution in [0.25, 0.3) is 33.4 Å². The van der Waals surface area contributed by atoms with E-state index in [4.69, 9.17) is 11.6 Å². The third-order valence-electron chi connectivity index (χ3n) is 11.2.